The largest absolute Gasteiger partial charge is 0.446 e. The van der Waals surface area contributed by atoms with E-state index in [2.05, 4.69) is 26.4 Å². The number of nitrogens with zero attached hydrogens (tertiary/aromatic N) is 3. The lowest BCUT2D eigenvalue weighted by Crippen LogP contribution is -2.28. The number of thioether (sulfide) groups is 1. The molecule has 2 aromatic rings. The maximum absolute atomic E-state index is 12.5. The molecule has 0 radical (unpaired) electrons. The molecule has 7 nitrogen and oxygen atoms in total. The second kappa shape index (κ2) is 8.38. The second-order valence-corrected chi connectivity index (χ2v) is 9.13. The Morgan fingerprint density at radius 3 is 2.59 bits per heavy atom. The maximum Gasteiger partial charge on any atom is 0.446 e. The van der Waals surface area contributed by atoms with Gasteiger partial charge in [-0.2, -0.15) is 21.6 Å². The van der Waals surface area contributed by atoms with Crippen LogP contribution in [-0.4, -0.2) is 43.1 Å². The topological polar surface area (TPSA) is 91.6 Å². The van der Waals surface area contributed by atoms with Gasteiger partial charge in [0.15, 0.2) is 0 Å². The quantitative estimate of drug-likeness (QED) is 0.662. The van der Waals surface area contributed by atoms with Gasteiger partial charge in [0, 0.05) is 35.9 Å². The van der Waals surface area contributed by atoms with Crippen molar-refractivity contribution in [3.8, 4) is 0 Å². The minimum absolute atomic E-state index is 0.132. The molecule has 1 aromatic heterocycles. The average Bonchev–Trinajstić information content (AvgIpc) is 2.93. The van der Waals surface area contributed by atoms with Crippen molar-refractivity contribution < 1.29 is 21.6 Å². The van der Waals surface area contributed by atoms with Crippen LogP contribution >= 0.6 is 11.8 Å². The van der Waals surface area contributed by atoms with E-state index in [9.17, 15) is 21.6 Å². The smallest absolute Gasteiger partial charge is 0.357 e. The van der Waals surface area contributed by atoms with E-state index in [1.165, 1.54) is 18.3 Å². The fourth-order valence-corrected chi connectivity index (χ4v) is 4.05. The Balaban J connectivity index is 1.65. The van der Waals surface area contributed by atoms with Crippen molar-refractivity contribution in [2.45, 2.75) is 29.9 Å². The molecule has 2 heterocycles. The molecular weight excluding hydrogens is 427 g/mol. The van der Waals surface area contributed by atoms with Crippen molar-refractivity contribution in [3.05, 3.63) is 48.2 Å². The first-order valence-electron chi connectivity index (χ1n) is 8.59. The molecule has 1 unspecified atom stereocenters. The van der Waals surface area contributed by atoms with Gasteiger partial charge in [-0.25, -0.2) is 10.1 Å². The van der Waals surface area contributed by atoms with Crippen LogP contribution < -0.4 is 14.8 Å². The van der Waals surface area contributed by atoms with E-state index in [1.807, 2.05) is 0 Å². The molecule has 1 aromatic carbocycles. The molecule has 1 aliphatic rings. The number of nitrogens with two attached hydrogens (primary N) is 1. The fraction of sp³-hybridized carbons (Fsp3) is 0.353. The van der Waals surface area contributed by atoms with Crippen molar-refractivity contribution >= 4 is 33.5 Å². The molecule has 29 heavy (non-hydrogen) atoms. The molecule has 0 bridgehead atoms. The van der Waals surface area contributed by atoms with Crippen LogP contribution in [0.3, 0.4) is 0 Å². The Morgan fingerprint density at radius 2 is 1.97 bits per heavy atom. The number of anilines is 2. The normalized spacial score (nSPS) is 18.2. The average molecular weight is 448 g/mol. The number of hydrogen-bond acceptors (Lipinski definition) is 6. The summed E-state index contributed by atoms with van der Waals surface area (Å²) in [6, 6.07) is 9.90. The van der Waals surface area contributed by atoms with Crippen LogP contribution in [0.4, 0.5) is 24.7 Å². The van der Waals surface area contributed by atoms with Crippen molar-refractivity contribution in [1.82, 2.24) is 9.88 Å². The number of hydrogen-bond donors (Lipinski definition) is 2. The standard InChI is InChI=1S/C17H20F3N5O2S2/c1-12-9-25(14-2-4-15(5-3-14)28-17(18,19)20)11-24(12)10-13-6-7-22-16(8-13)23-29(21,26)27/h2-8,12H,9-11H2,1H3,(H,22,23)(H2,21,26,27). The van der Waals surface area contributed by atoms with Gasteiger partial charge in [-0.3, -0.25) is 9.62 Å². The highest BCUT2D eigenvalue weighted by atomic mass is 32.2. The van der Waals surface area contributed by atoms with Gasteiger partial charge in [0.1, 0.15) is 5.82 Å². The molecule has 1 aliphatic heterocycles. The number of rotatable bonds is 6. The molecule has 1 saturated heterocycles. The molecule has 1 atom stereocenters. The van der Waals surface area contributed by atoms with E-state index in [0.29, 0.717) is 13.2 Å². The Bertz CT molecular complexity index is 954. The summed E-state index contributed by atoms with van der Waals surface area (Å²) in [5.74, 6) is 0.145. The summed E-state index contributed by atoms with van der Waals surface area (Å²) in [6.07, 6.45) is 1.50. The van der Waals surface area contributed by atoms with Crippen molar-refractivity contribution in [1.29, 1.82) is 0 Å². The fourth-order valence-electron chi connectivity index (χ4n) is 3.11. The zero-order chi connectivity index (χ0) is 21.2. The van der Waals surface area contributed by atoms with Crippen LogP contribution in [0.1, 0.15) is 12.5 Å². The third kappa shape index (κ3) is 6.49. The summed E-state index contributed by atoms with van der Waals surface area (Å²) >= 11 is -0.132. The monoisotopic (exact) mass is 447 g/mol. The van der Waals surface area contributed by atoms with E-state index in [4.69, 9.17) is 5.14 Å². The molecule has 0 aliphatic carbocycles. The molecular formula is C17H20F3N5O2S2. The SMILES string of the molecule is CC1CN(c2ccc(SC(F)(F)F)cc2)CN1Cc1ccnc(NS(N)(=O)=O)c1. The van der Waals surface area contributed by atoms with Crippen LogP contribution in [0, 0.1) is 0 Å². The number of alkyl halides is 3. The van der Waals surface area contributed by atoms with Crippen molar-refractivity contribution in [2.75, 3.05) is 22.8 Å². The van der Waals surface area contributed by atoms with Gasteiger partial charge in [0.25, 0.3) is 10.2 Å². The van der Waals surface area contributed by atoms with Gasteiger partial charge in [0.05, 0.1) is 6.67 Å². The maximum atomic E-state index is 12.5. The first kappa shape index (κ1) is 21.7. The Labute approximate surface area is 171 Å². The van der Waals surface area contributed by atoms with Gasteiger partial charge in [-0.05, 0) is 60.6 Å². The lowest BCUT2D eigenvalue weighted by Gasteiger charge is -2.21. The van der Waals surface area contributed by atoms with Crippen LogP contribution in [0.15, 0.2) is 47.5 Å². The van der Waals surface area contributed by atoms with E-state index in [-0.39, 0.29) is 28.5 Å². The van der Waals surface area contributed by atoms with Crippen LogP contribution in [-0.2, 0) is 16.8 Å². The Morgan fingerprint density at radius 1 is 1.28 bits per heavy atom. The number of benzene rings is 1. The highest BCUT2D eigenvalue weighted by Gasteiger charge is 2.30. The molecule has 0 saturated carbocycles. The summed E-state index contributed by atoms with van der Waals surface area (Å²) in [7, 11) is -3.90. The predicted molar refractivity (Wildman–Crippen MR) is 107 cm³/mol. The zero-order valence-corrected chi connectivity index (χ0v) is 17.1. The van der Waals surface area contributed by atoms with Gasteiger partial charge in [-0.1, -0.05) is 0 Å². The van der Waals surface area contributed by atoms with Crippen LogP contribution in [0.25, 0.3) is 0 Å². The lowest BCUT2D eigenvalue weighted by atomic mass is 10.2. The molecule has 3 N–H and O–H groups in total. The third-order valence-corrected chi connectivity index (χ3v) is 5.59. The van der Waals surface area contributed by atoms with E-state index >= 15 is 0 Å². The lowest BCUT2D eigenvalue weighted by molar-refractivity contribution is -0.0328. The molecule has 0 amide bonds. The van der Waals surface area contributed by atoms with Crippen molar-refractivity contribution in [2.24, 2.45) is 5.14 Å². The Hall–Kier alpha value is -2.02. The van der Waals surface area contributed by atoms with Crippen LogP contribution in [0.2, 0.25) is 0 Å². The molecule has 158 valence electrons. The summed E-state index contributed by atoms with van der Waals surface area (Å²) < 4.78 is 61.9. The molecule has 0 spiro atoms. The molecule has 12 heteroatoms. The molecule has 1 fully saturated rings. The van der Waals surface area contributed by atoms with E-state index in [1.54, 1.807) is 24.3 Å². The highest BCUT2D eigenvalue weighted by molar-refractivity contribution is 8.00. The second-order valence-electron chi connectivity index (χ2n) is 6.70. The van der Waals surface area contributed by atoms with Gasteiger partial charge < -0.3 is 4.90 Å². The highest BCUT2D eigenvalue weighted by Crippen LogP contribution is 2.37. The first-order chi connectivity index (χ1) is 13.5. The van der Waals surface area contributed by atoms with Crippen molar-refractivity contribution in [3.63, 3.8) is 0 Å². The first-order valence-corrected chi connectivity index (χ1v) is 10.9. The minimum atomic E-state index is -4.30. The number of aromatic nitrogens is 1. The van der Waals surface area contributed by atoms with Gasteiger partial charge >= 0.3 is 5.51 Å². The summed E-state index contributed by atoms with van der Waals surface area (Å²) in [5, 5.41) is 4.97. The minimum Gasteiger partial charge on any atom is -0.357 e. The summed E-state index contributed by atoms with van der Waals surface area (Å²) in [4.78, 5) is 8.34. The Kier molecular flexibility index (Phi) is 6.27. The zero-order valence-electron chi connectivity index (χ0n) is 15.4. The van der Waals surface area contributed by atoms with Crippen LogP contribution in [0.5, 0.6) is 0 Å². The number of pyridine rings is 1. The van der Waals surface area contributed by atoms with E-state index in [0.717, 1.165) is 17.8 Å². The predicted octanol–water partition coefficient (Wildman–Crippen LogP) is 2.98. The third-order valence-electron chi connectivity index (χ3n) is 4.35. The summed E-state index contributed by atoms with van der Waals surface area (Å²) in [6.45, 7) is 3.92. The number of halogens is 3. The van der Waals surface area contributed by atoms with E-state index < -0.39 is 15.7 Å². The van der Waals surface area contributed by atoms with Gasteiger partial charge in [0.2, 0.25) is 0 Å². The summed E-state index contributed by atoms with van der Waals surface area (Å²) in [5.41, 5.74) is -2.60. The number of nitrogens with one attached hydrogen (secondary N) is 1. The molecule has 3 rings (SSSR count). The van der Waals surface area contributed by atoms with Gasteiger partial charge in [-0.15, -0.1) is 0 Å².